The lowest BCUT2D eigenvalue weighted by Gasteiger charge is -2.20. The van der Waals surface area contributed by atoms with E-state index in [1.54, 1.807) is 0 Å². The van der Waals surface area contributed by atoms with Gasteiger partial charge in [0, 0.05) is 6.04 Å². The maximum Gasteiger partial charge on any atom is 0.123 e. The van der Waals surface area contributed by atoms with E-state index in [1.165, 1.54) is 30.4 Å². The molecule has 2 unspecified atom stereocenters. The Labute approximate surface area is 109 Å². The van der Waals surface area contributed by atoms with Crippen molar-refractivity contribution in [1.29, 1.82) is 0 Å². The molecule has 0 fully saturated rings. The van der Waals surface area contributed by atoms with Gasteiger partial charge in [-0.05, 0) is 62.4 Å². The van der Waals surface area contributed by atoms with Gasteiger partial charge in [0.25, 0.3) is 0 Å². The quantitative estimate of drug-likeness (QED) is 0.822. The minimum Gasteiger partial charge on any atom is -0.486 e. The van der Waals surface area contributed by atoms with Gasteiger partial charge in [0.15, 0.2) is 0 Å². The number of ether oxygens (including phenoxy) is 1. The van der Waals surface area contributed by atoms with Crippen molar-refractivity contribution in [3.8, 4) is 5.75 Å². The number of rotatable bonds is 3. The Morgan fingerprint density at radius 2 is 2.22 bits per heavy atom. The fourth-order valence-electron chi connectivity index (χ4n) is 3.07. The number of allylic oxidation sites excluding steroid dienone is 1. The summed E-state index contributed by atoms with van der Waals surface area (Å²) in [5.74, 6) is 1.10. The molecule has 0 saturated carbocycles. The van der Waals surface area contributed by atoms with E-state index in [0.29, 0.717) is 6.04 Å². The van der Waals surface area contributed by atoms with E-state index in [1.807, 2.05) is 7.05 Å². The van der Waals surface area contributed by atoms with E-state index >= 15 is 0 Å². The third-order valence-electron chi connectivity index (χ3n) is 4.06. The van der Waals surface area contributed by atoms with Gasteiger partial charge in [-0.25, -0.2) is 0 Å². The maximum atomic E-state index is 6.18. The Morgan fingerprint density at radius 3 is 3.00 bits per heavy atom. The van der Waals surface area contributed by atoms with Crippen LogP contribution in [0, 0.1) is 0 Å². The molecule has 0 bridgehead atoms. The molecule has 2 heteroatoms. The molecule has 2 nitrogen and oxygen atoms in total. The molecule has 0 spiro atoms. The molecule has 1 N–H and O–H groups in total. The molecule has 1 aromatic rings. The van der Waals surface area contributed by atoms with Crippen LogP contribution >= 0.6 is 0 Å². The fourth-order valence-corrected chi connectivity index (χ4v) is 3.07. The van der Waals surface area contributed by atoms with Crippen LogP contribution in [0.15, 0.2) is 30.4 Å². The zero-order valence-corrected chi connectivity index (χ0v) is 11.0. The molecule has 0 heterocycles. The normalized spacial score (nSPS) is 26.1. The van der Waals surface area contributed by atoms with E-state index in [0.717, 1.165) is 18.6 Å². The summed E-state index contributed by atoms with van der Waals surface area (Å²) in [5, 5.41) is 3.38. The lowest BCUT2D eigenvalue weighted by molar-refractivity contribution is 0.228. The first kappa shape index (κ1) is 11.8. The van der Waals surface area contributed by atoms with E-state index in [4.69, 9.17) is 4.74 Å². The largest absolute Gasteiger partial charge is 0.486 e. The van der Waals surface area contributed by atoms with Gasteiger partial charge in [-0.3, -0.25) is 0 Å². The minimum absolute atomic E-state index is 0.277. The van der Waals surface area contributed by atoms with Gasteiger partial charge >= 0.3 is 0 Å². The Balaban J connectivity index is 1.83. The summed E-state index contributed by atoms with van der Waals surface area (Å²) >= 11 is 0. The highest BCUT2D eigenvalue weighted by Crippen LogP contribution is 2.37. The molecule has 0 aliphatic heterocycles. The first-order valence-corrected chi connectivity index (χ1v) is 7.01. The number of hydrogen-bond acceptors (Lipinski definition) is 2. The summed E-state index contributed by atoms with van der Waals surface area (Å²) in [6.07, 6.45) is 10.7. The van der Waals surface area contributed by atoms with Crippen LogP contribution in [0.4, 0.5) is 0 Å². The van der Waals surface area contributed by atoms with Crippen LogP contribution < -0.4 is 10.1 Å². The van der Waals surface area contributed by atoms with Gasteiger partial charge in [-0.1, -0.05) is 18.2 Å². The van der Waals surface area contributed by atoms with Crippen LogP contribution in [0.5, 0.6) is 5.75 Å². The van der Waals surface area contributed by atoms with Crippen LogP contribution in [0.3, 0.4) is 0 Å². The van der Waals surface area contributed by atoms with Crippen molar-refractivity contribution in [2.75, 3.05) is 7.05 Å². The maximum absolute atomic E-state index is 6.18. The van der Waals surface area contributed by atoms with Crippen molar-refractivity contribution in [2.24, 2.45) is 0 Å². The van der Waals surface area contributed by atoms with E-state index in [-0.39, 0.29) is 6.10 Å². The highest BCUT2D eigenvalue weighted by molar-refractivity contribution is 5.45. The SMILES string of the molecule is CNC1CCc2c(OC3C=CCCC3)cccc21. The third kappa shape index (κ3) is 2.17. The molecule has 0 aromatic heterocycles. The van der Waals surface area contributed by atoms with Crippen LogP contribution in [0.2, 0.25) is 0 Å². The number of hydrogen-bond donors (Lipinski definition) is 1. The molecule has 18 heavy (non-hydrogen) atoms. The second-order valence-electron chi connectivity index (χ2n) is 5.22. The number of fused-ring (bicyclic) bond motifs is 1. The fraction of sp³-hybridized carbons (Fsp3) is 0.500. The van der Waals surface area contributed by atoms with Crippen molar-refractivity contribution in [3.63, 3.8) is 0 Å². The molecule has 0 amide bonds. The summed E-state index contributed by atoms with van der Waals surface area (Å²) in [6.45, 7) is 0. The second kappa shape index (κ2) is 5.15. The molecular weight excluding hydrogens is 222 g/mol. The Morgan fingerprint density at radius 1 is 1.28 bits per heavy atom. The van der Waals surface area contributed by atoms with Gasteiger partial charge in [-0.15, -0.1) is 0 Å². The Bertz CT molecular complexity index is 452. The van der Waals surface area contributed by atoms with Crippen molar-refractivity contribution in [2.45, 2.75) is 44.2 Å². The zero-order chi connectivity index (χ0) is 12.4. The molecule has 0 radical (unpaired) electrons. The van der Waals surface area contributed by atoms with Gasteiger partial charge in [-0.2, -0.15) is 0 Å². The molecule has 0 saturated heterocycles. The van der Waals surface area contributed by atoms with E-state index in [2.05, 4.69) is 35.7 Å². The highest BCUT2D eigenvalue weighted by atomic mass is 16.5. The lowest BCUT2D eigenvalue weighted by Crippen LogP contribution is -2.16. The topological polar surface area (TPSA) is 21.3 Å². The van der Waals surface area contributed by atoms with E-state index < -0.39 is 0 Å². The van der Waals surface area contributed by atoms with Gasteiger partial charge in [0.05, 0.1) is 0 Å². The standard InChI is InChI=1S/C16H21NO/c1-17-15-11-10-14-13(15)8-5-9-16(14)18-12-6-3-2-4-7-12/h3,5-6,8-9,12,15,17H,2,4,7,10-11H2,1H3. The Kier molecular flexibility index (Phi) is 3.37. The van der Waals surface area contributed by atoms with Crippen molar-refractivity contribution < 1.29 is 4.74 Å². The minimum atomic E-state index is 0.277. The van der Waals surface area contributed by atoms with Crippen LogP contribution in [0.1, 0.15) is 42.9 Å². The van der Waals surface area contributed by atoms with Crippen LogP contribution in [-0.2, 0) is 6.42 Å². The lowest BCUT2D eigenvalue weighted by atomic mass is 10.0. The van der Waals surface area contributed by atoms with Crippen LogP contribution in [-0.4, -0.2) is 13.2 Å². The zero-order valence-electron chi connectivity index (χ0n) is 11.0. The smallest absolute Gasteiger partial charge is 0.123 e. The van der Waals surface area contributed by atoms with Crippen LogP contribution in [0.25, 0.3) is 0 Å². The average Bonchev–Trinajstić information content (AvgIpc) is 2.84. The number of benzene rings is 1. The monoisotopic (exact) mass is 243 g/mol. The average molecular weight is 243 g/mol. The van der Waals surface area contributed by atoms with Gasteiger partial charge in [0.2, 0.25) is 0 Å². The van der Waals surface area contributed by atoms with Crippen molar-refractivity contribution in [1.82, 2.24) is 5.32 Å². The summed E-state index contributed by atoms with van der Waals surface area (Å²) < 4.78 is 6.18. The van der Waals surface area contributed by atoms with Gasteiger partial charge in [0.1, 0.15) is 11.9 Å². The summed E-state index contributed by atoms with van der Waals surface area (Å²) in [5.41, 5.74) is 2.84. The summed E-state index contributed by atoms with van der Waals surface area (Å²) in [6, 6.07) is 6.98. The first-order valence-electron chi connectivity index (χ1n) is 7.01. The first-order chi connectivity index (χ1) is 8.88. The highest BCUT2D eigenvalue weighted by Gasteiger charge is 2.24. The molecule has 2 aliphatic carbocycles. The predicted molar refractivity (Wildman–Crippen MR) is 74.0 cm³/mol. The molecule has 3 rings (SSSR count). The van der Waals surface area contributed by atoms with Crippen molar-refractivity contribution >= 4 is 0 Å². The summed E-state index contributed by atoms with van der Waals surface area (Å²) in [7, 11) is 2.04. The Hall–Kier alpha value is -1.28. The molecule has 2 aliphatic rings. The van der Waals surface area contributed by atoms with E-state index in [9.17, 15) is 0 Å². The van der Waals surface area contributed by atoms with Crippen molar-refractivity contribution in [3.05, 3.63) is 41.5 Å². The molecule has 96 valence electrons. The predicted octanol–water partition coefficient (Wildman–Crippen LogP) is 3.38. The molecule has 1 aromatic carbocycles. The van der Waals surface area contributed by atoms with Gasteiger partial charge < -0.3 is 10.1 Å². The second-order valence-corrected chi connectivity index (χ2v) is 5.22. The molecular formula is C16H21NO. The third-order valence-corrected chi connectivity index (χ3v) is 4.06. The number of nitrogens with one attached hydrogen (secondary N) is 1. The summed E-state index contributed by atoms with van der Waals surface area (Å²) in [4.78, 5) is 0. The molecule has 2 atom stereocenters.